The standard InChI is InChI=1S/C45H40F2N4/c1-27-9-8-10-36(18-27)48-40-13-11-34(46)25-42(40)50(38-21-30(4)16-31(5)22-38)44(48)45-49(37-19-28(2)15-29(3)20-37)41-14-12-35(47)26-43(41)51(45)39-23-32(6)17-33(7)24-39/h8-26H,1-7H3/b45-44+. The lowest BCUT2D eigenvalue weighted by molar-refractivity contribution is 0.628. The molecule has 0 unspecified atom stereocenters. The molecule has 6 heteroatoms. The number of fused-ring (bicyclic) bond motifs is 2. The predicted molar refractivity (Wildman–Crippen MR) is 207 cm³/mol. The summed E-state index contributed by atoms with van der Waals surface area (Å²) < 4.78 is 31.0. The molecule has 0 amide bonds. The molecule has 2 aliphatic heterocycles. The molecule has 6 aromatic carbocycles. The lowest BCUT2D eigenvalue weighted by Gasteiger charge is -2.34. The molecule has 6 aromatic rings. The smallest absolute Gasteiger partial charge is 0.166 e. The van der Waals surface area contributed by atoms with Gasteiger partial charge in [-0.3, -0.25) is 19.6 Å². The molecule has 0 saturated carbocycles. The first-order valence-corrected chi connectivity index (χ1v) is 17.3. The second-order valence-corrected chi connectivity index (χ2v) is 14.1. The van der Waals surface area contributed by atoms with E-state index < -0.39 is 0 Å². The van der Waals surface area contributed by atoms with Gasteiger partial charge in [0.05, 0.1) is 22.7 Å². The lowest BCUT2D eigenvalue weighted by atomic mass is 10.1. The summed E-state index contributed by atoms with van der Waals surface area (Å²) in [5, 5.41) is 0. The Labute approximate surface area is 299 Å². The van der Waals surface area contributed by atoms with Gasteiger partial charge in [0, 0.05) is 34.9 Å². The molecule has 0 N–H and O–H groups in total. The van der Waals surface area contributed by atoms with E-state index in [0.717, 1.165) is 84.7 Å². The van der Waals surface area contributed by atoms with E-state index in [0.29, 0.717) is 11.4 Å². The Balaban J connectivity index is 1.58. The maximum absolute atomic E-state index is 15.5. The zero-order chi connectivity index (χ0) is 35.7. The van der Waals surface area contributed by atoms with Gasteiger partial charge >= 0.3 is 0 Å². The third-order valence-corrected chi connectivity index (χ3v) is 9.54. The van der Waals surface area contributed by atoms with E-state index in [2.05, 4.69) is 147 Å². The molecule has 51 heavy (non-hydrogen) atoms. The fourth-order valence-electron chi connectivity index (χ4n) is 7.84. The maximum Gasteiger partial charge on any atom is 0.166 e. The Morgan fingerprint density at radius 2 is 0.647 bits per heavy atom. The number of halogens is 2. The van der Waals surface area contributed by atoms with Crippen molar-refractivity contribution < 1.29 is 8.78 Å². The number of anilines is 8. The summed E-state index contributed by atoms with van der Waals surface area (Å²) in [6, 6.07) is 37.8. The monoisotopic (exact) mass is 674 g/mol. The molecule has 2 aliphatic rings. The van der Waals surface area contributed by atoms with E-state index >= 15 is 8.78 Å². The molecule has 0 radical (unpaired) electrons. The summed E-state index contributed by atoms with van der Waals surface area (Å²) in [6.07, 6.45) is 0. The second-order valence-electron chi connectivity index (χ2n) is 14.1. The minimum absolute atomic E-state index is 0.326. The minimum atomic E-state index is -0.326. The molecule has 0 aromatic heterocycles. The van der Waals surface area contributed by atoms with Crippen LogP contribution in [0.25, 0.3) is 0 Å². The van der Waals surface area contributed by atoms with Crippen LogP contribution in [0.3, 0.4) is 0 Å². The highest BCUT2D eigenvalue weighted by atomic mass is 19.1. The first-order chi connectivity index (χ1) is 24.4. The van der Waals surface area contributed by atoms with Crippen molar-refractivity contribution in [1.82, 2.24) is 0 Å². The van der Waals surface area contributed by atoms with E-state index in [1.54, 1.807) is 12.1 Å². The van der Waals surface area contributed by atoms with Crippen LogP contribution >= 0.6 is 0 Å². The fraction of sp³-hybridized carbons (Fsp3) is 0.156. The van der Waals surface area contributed by atoms with Crippen LogP contribution in [0.15, 0.2) is 127 Å². The Morgan fingerprint density at radius 3 is 1.02 bits per heavy atom. The molecular weight excluding hydrogens is 635 g/mol. The van der Waals surface area contributed by atoms with Crippen molar-refractivity contribution in [2.24, 2.45) is 0 Å². The Bertz CT molecular complexity index is 2350. The Hall–Kier alpha value is -5.88. The van der Waals surface area contributed by atoms with E-state index in [4.69, 9.17) is 0 Å². The van der Waals surface area contributed by atoms with Crippen molar-refractivity contribution in [3.63, 3.8) is 0 Å². The number of hydrogen-bond acceptors (Lipinski definition) is 4. The van der Waals surface area contributed by atoms with Crippen molar-refractivity contribution in [3.05, 3.63) is 177 Å². The molecule has 0 aliphatic carbocycles. The Morgan fingerprint density at radius 1 is 0.314 bits per heavy atom. The van der Waals surface area contributed by atoms with Gasteiger partial charge in [0.25, 0.3) is 0 Å². The van der Waals surface area contributed by atoms with Gasteiger partial charge in [0.2, 0.25) is 0 Å². The summed E-state index contributed by atoms with van der Waals surface area (Å²) in [7, 11) is 0. The van der Waals surface area contributed by atoms with Gasteiger partial charge < -0.3 is 0 Å². The second kappa shape index (κ2) is 12.2. The SMILES string of the molecule is Cc1cccc(N2/C(=C3/N(c4cc(C)cc(C)c4)c4ccc(F)cc4N3c3cc(C)cc(C)c3)N(c3cc(C)cc(C)c3)c3cc(F)ccc32)c1. The van der Waals surface area contributed by atoms with E-state index in [-0.39, 0.29) is 11.6 Å². The van der Waals surface area contributed by atoms with Crippen LogP contribution < -0.4 is 19.6 Å². The molecule has 0 bridgehead atoms. The quantitative estimate of drug-likeness (QED) is 0.184. The van der Waals surface area contributed by atoms with E-state index in [1.165, 1.54) is 12.1 Å². The van der Waals surface area contributed by atoms with Crippen LogP contribution in [0.4, 0.5) is 54.3 Å². The molecule has 8 rings (SSSR count). The number of rotatable bonds is 4. The third-order valence-electron chi connectivity index (χ3n) is 9.54. The predicted octanol–water partition coefficient (Wildman–Crippen LogP) is 12.5. The molecule has 2 heterocycles. The highest BCUT2D eigenvalue weighted by molar-refractivity contribution is 6.00. The van der Waals surface area contributed by atoms with Crippen molar-refractivity contribution in [2.75, 3.05) is 19.6 Å². The van der Waals surface area contributed by atoms with Crippen molar-refractivity contribution in [2.45, 2.75) is 48.5 Å². The lowest BCUT2D eigenvalue weighted by Crippen LogP contribution is -2.33. The van der Waals surface area contributed by atoms with Crippen molar-refractivity contribution in [1.29, 1.82) is 0 Å². The summed E-state index contributed by atoms with van der Waals surface area (Å²) in [5.41, 5.74) is 14.5. The van der Waals surface area contributed by atoms with Crippen LogP contribution in [-0.2, 0) is 0 Å². The normalized spacial score (nSPS) is 15.2. The first-order valence-electron chi connectivity index (χ1n) is 17.3. The molecule has 0 spiro atoms. The molecular formula is C45H40F2N4. The topological polar surface area (TPSA) is 13.0 Å². The van der Waals surface area contributed by atoms with Gasteiger partial charge in [-0.15, -0.1) is 0 Å². The van der Waals surface area contributed by atoms with Crippen LogP contribution in [0.1, 0.15) is 38.9 Å². The van der Waals surface area contributed by atoms with Gasteiger partial charge in [-0.1, -0.05) is 30.3 Å². The van der Waals surface area contributed by atoms with Crippen LogP contribution in [0, 0.1) is 60.1 Å². The molecule has 0 saturated heterocycles. The van der Waals surface area contributed by atoms with Gasteiger partial charge in [-0.05, 0) is 160 Å². The molecule has 0 fully saturated rings. The summed E-state index contributed by atoms with van der Waals surface area (Å²) in [6.45, 7) is 14.6. The van der Waals surface area contributed by atoms with Crippen LogP contribution in [0.5, 0.6) is 0 Å². The van der Waals surface area contributed by atoms with Gasteiger partial charge in [-0.25, -0.2) is 8.78 Å². The number of benzene rings is 6. The number of hydrogen-bond donors (Lipinski definition) is 0. The van der Waals surface area contributed by atoms with Gasteiger partial charge in [-0.2, -0.15) is 0 Å². The fourth-order valence-corrected chi connectivity index (χ4v) is 7.84. The Kier molecular flexibility index (Phi) is 7.71. The number of aryl methyl sites for hydroxylation is 7. The van der Waals surface area contributed by atoms with Crippen LogP contribution in [-0.4, -0.2) is 0 Å². The minimum Gasteiger partial charge on any atom is -0.291 e. The van der Waals surface area contributed by atoms with Crippen LogP contribution in [0.2, 0.25) is 0 Å². The average Bonchev–Trinajstić information content (AvgIpc) is 3.55. The van der Waals surface area contributed by atoms with Gasteiger partial charge in [0.15, 0.2) is 11.6 Å². The third kappa shape index (κ3) is 5.61. The molecule has 254 valence electrons. The van der Waals surface area contributed by atoms with E-state index in [9.17, 15) is 0 Å². The largest absolute Gasteiger partial charge is 0.291 e. The molecule has 4 nitrogen and oxygen atoms in total. The van der Waals surface area contributed by atoms with E-state index in [1.807, 2.05) is 12.1 Å². The van der Waals surface area contributed by atoms with Crippen molar-refractivity contribution >= 4 is 45.5 Å². The maximum atomic E-state index is 15.5. The average molecular weight is 675 g/mol. The number of nitrogens with zero attached hydrogens (tertiary/aromatic N) is 4. The zero-order valence-electron chi connectivity index (χ0n) is 30.0. The van der Waals surface area contributed by atoms with Crippen molar-refractivity contribution in [3.8, 4) is 0 Å². The zero-order valence-corrected chi connectivity index (χ0v) is 30.0. The van der Waals surface area contributed by atoms with Gasteiger partial charge in [0.1, 0.15) is 11.6 Å². The highest BCUT2D eigenvalue weighted by Gasteiger charge is 2.45. The summed E-state index contributed by atoms with van der Waals surface area (Å²) in [5.74, 6) is 0.935. The summed E-state index contributed by atoms with van der Waals surface area (Å²) >= 11 is 0. The summed E-state index contributed by atoms with van der Waals surface area (Å²) in [4.78, 5) is 8.81. The first kappa shape index (κ1) is 32.3. The molecule has 0 atom stereocenters. The highest BCUT2D eigenvalue weighted by Crippen LogP contribution is 2.57.